The molecule has 16 heavy (non-hydrogen) atoms. The Bertz CT molecular complexity index is 436. The topological polar surface area (TPSA) is 37.4 Å². The van der Waals surface area contributed by atoms with Gasteiger partial charge in [0.15, 0.2) is 0 Å². The summed E-state index contributed by atoms with van der Waals surface area (Å²) in [4.78, 5) is 0. The first-order valence-electron chi connectivity index (χ1n) is 5.53. The number of rotatable bonds is 5. The highest BCUT2D eigenvalue weighted by Gasteiger charge is 2.19. The van der Waals surface area contributed by atoms with Gasteiger partial charge in [-0.3, -0.25) is 0 Å². The van der Waals surface area contributed by atoms with E-state index in [0.717, 1.165) is 11.1 Å². The summed E-state index contributed by atoms with van der Waals surface area (Å²) in [6.07, 6.45) is 0. The van der Waals surface area contributed by atoms with Gasteiger partial charge in [-0.05, 0) is 18.1 Å². The Morgan fingerprint density at radius 3 is 2.19 bits per heavy atom. The molecule has 0 saturated heterocycles. The second-order valence-corrected chi connectivity index (χ2v) is 5.74. The standard InChI is InChI=1S/C12H19NO2S/c1-4-13(5-2)16(14,15)10-12-9-7-6-8-11(12)3/h6-9H,4-5,10H2,1-3H3. The highest BCUT2D eigenvalue weighted by Crippen LogP contribution is 2.14. The molecule has 0 atom stereocenters. The Balaban J connectivity index is 2.93. The van der Waals surface area contributed by atoms with E-state index in [1.54, 1.807) is 0 Å². The predicted molar refractivity (Wildman–Crippen MR) is 66.7 cm³/mol. The van der Waals surface area contributed by atoms with Crippen molar-refractivity contribution in [1.29, 1.82) is 0 Å². The Morgan fingerprint density at radius 2 is 1.69 bits per heavy atom. The van der Waals surface area contributed by atoms with Crippen molar-refractivity contribution in [2.45, 2.75) is 26.5 Å². The van der Waals surface area contributed by atoms with Crippen LogP contribution in [-0.4, -0.2) is 25.8 Å². The Kier molecular flexibility index (Phi) is 4.50. The smallest absolute Gasteiger partial charge is 0.212 e. The van der Waals surface area contributed by atoms with Gasteiger partial charge in [0.05, 0.1) is 5.75 Å². The molecule has 0 radical (unpaired) electrons. The van der Waals surface area contributed by atoms with Crippen LogP contribution in [0.5, 0.6) is 0 Å². The van der Waals surface area contributed by atoms with Gasteiger partial charge in [0, 0.05) is 13.1 Å². The summed E-state index contributed by atoms with van der Waals surface area (Å²) in [5.41, 5.74) is 1.91. The van der Waals surface area contributed by atoms with Crippen LogP contribution in [-0.2, 0) is 15.8 Å². The van der Waals surface area contributed by atoms with E-state index in [4.69, 9.17) is 0 Å². The molecule has 0 amide bonds. The Morgan fingerprint density at radius 1 is 1.12 bits per heavy atom. The minimum Gasteiger partial charge on any atom is -0.212 e. The van der Waals surface area contributed by atoms with Crippen LogP contribution in [0.15, 0.2) is 24.3 Å². The number of hydrogen-bond donors (Lipinski definition) is 0. The van der Waals surface area contributed by atoms with E-state index < -0.39 is 10.0 Å². The van der Waals surface area contributed by atoms with Gasteiger partial charge < -0.3 is 0 Å². The summed E-state index contributed by atoms with van der Waals surface area (Å²) in [6, 6.07) is 7.60. The van der Waals surface area contributed by atoms with Crippen LogP contribution in [0.3, 0.4) is 0 Å². The van der Waals surface area contributed by atoms with E-state index in [-0.39, 0.29) is 5.75 Å². The molecule has 0 unspecified atom stereocenters. The zero-order valence-corrected chi connectivity index (χ0v) is 10.9. The van der Waals surface area contributed by atoms with Crippen molar-refractivity contribution in [3.05, 3.63) is 35.4 Å². The molecular weight excluding hydrogens is 222 g/mol. The first-order valence-corrected chi connectivity index (χ1v) is 7.14. The van der Waals surface area contributed by atoms with Crippen molar-refractivity contribution in [2.24, 2.45) is 0 Å². The van der Waals surface area contributed by atoms with Gasteiger partial charge in [-0.2, -0.15) is 0 Å². The Hall–Kier alpha value is -0.870. The van der Waals surface area contributed by atoms with Crippen molar-refractivity contribution in [3.8, 4) is 0 Å². The van der Waals surface area contributed by atoms with Crippen molar-refractivity contribution < 1.29 is 8.42 Å². The zero-order chi connectivity index (χ0) is 12.2. The van der Waals surface area contributed by atoms with E-state index >= 15 is 0 Å². The van der Waals surface area contributed by atoms with Crippen LogP contribution >= 0.6 is 0 Å². The van der Waals surface area contributed by atoms with E-state index in [9.17, 15) is 8.42 Å². The van der Waals surface area contributed by atoms with E-state index in [0.29, 0.717) is 13.1 Å². The maximum atomic E-state index is 12.0. The molecule has 0 N–H and O–H groups in total. The normalized spacial score (nSPS) is 12.0. The van der Waals surface area contributed by atoms with Crippen LogP contribution in [0.2, 0.25) is 0 Å². The third-order valence-corrected chi connectivity index (χ3v) is 4.68. The molecule has 3 nitrogen and oxygen atoms in total. The van der Waals surface area contributed by atoms with Gasteiger partial charge in [0.25, 0.3) is 0 Å². The largest absolute Gasteiger partial charge is 0.218 e. The quantitative estimate of drug-likeness (QED) is 0.792. The second-order valence-electron chi connectivity index (χ2n) is 3.77. The zero-order valence-electron chi connectivity index (χ0n) is 10.1. The molecule has 1 aromatic carbocycles. The molecule has 0 aromatic heterocycles. The predicted octanol–water partition coefficient (Wildman–Crippen LogP) is 2.17. The minimum atomic E-state index is -3.16. The number of nitrogens with zero attached hydrogens (tertiary/aromatic N) is 1. The highest BCUT2D eigenvalue weighted by atomic mass is 32.2. The summed E-state index contributed by atoms with van der Waals surface area (Å²) in [6.45, 7) is 6.72. The number of sulfonamides is 1. The lowest BCUT2D eigenvalue weighted by Crippen LogP contribution is -2.31. The van der Waals surface area contributed by atoms with Crippen LogP contribution in [0.25, 0.3) is 0 Å². The SMILES string of the molecule is CCN(CC)S(=O)(=O)Cc1ccccc1C. The highest BCUT2D eigenvalue weighted by molar-refractivity contribution is 7.88. The number of benzene rings is 1. The van der Waals surface area contributed by atoms with Gasteiger partial charge in [-0.25, -0.2) is 12.7 Å². The maximum Gasteiger partial charge on any atom is 0.218 e. The van der Waals surface area contributed by atoms with Gasteiger partial charge in [-0.15, -0.1) is 0 Å². The monoisotopic (exact) mass is 241 g/mol. The van der Waals surface area contributed by atoms with Gasteiger partial charge >= 0.3 is 0 Å². The minimum absolute atomic E-state index is 0.0986. The fourth-order valence-electron chi connectivity index (χ4n) is 1.68. The summed E-state index contributed by atoms with van der Waals surface area (Å²) in [5, 5.41) is 0. The van der Waals surface area contributed by atoms with E-state index in [1.165, 1.54) is 4.31 Å². The third kappa shape index (κ3) is 3.06. The van der Waals surface area contributed by atoms with Crippen LogP contribution in [0, 0.1) is 6.92 Å². The molecule has 0 saturated carbocycles. The third-order valence-electron chi connectivity index (χ3n) is 2.70. The summed E-state index contributed by atoms with van der Waals surface area (Å²) < 4.78 is 25.6. The molecule has 0 heterocycles. The molecule has 0 aliphatic carbocycles. The fraction of sp³-hybridized carbons (Fsp3) is 0.500. The fourth-order valence-corrected chi connectivity index (χ4v) is 3.36. The van der Waals surface area contributed by atoms with Crippen LogP contribution in [0.4, 0.5) is 0 Å². The van der Waals surface area contributed by atoms with Crippen LogP contribution < -0.4 is 0 Å². The molecular formula is C12H19NO2S. The molecule has 0 fully saturated rings. The number of hydrogen-bond acceptors (Lipinski definition) is 2. The maximum absolute atomic E-state index is 12.0. The molecule has 1 rings (SSSR count). The van der Waals surface area contributed by atoms with E-state index in [2.05, 4.69) is 0 Å². The molecule has 4 heteroatoms. The molecule has 90 valence electrons. The number of aryl methyl sites for hydroxylation is 1. The molecule has 0 spiro atoms. The molecule has 0 aliphatic heterocycles. The lowest BCUT2D eigenvalue weighted by atomic mass is 10.1. The summed E-state index contributed by atoms with van der Waals surface area (Å²) >= 11 is 0. The summed E-state index contributed by atoms with van der Waals surface area (Å²) in [5.74, 6) is 0.0986. The lowest BCUT2D eigenvalue weighted by Gasteiger charge is -2.18. The van der Waals surface area contributed by atoms with Gasteiger partial charge in [0.1, 0.15) is 0 Å². The average molecular weight is 241 g/mol. The average Bonchev–Trinajstić information content (AvgIpc) is 2.22. The van der Waals surface area contributed by atoms with E-state index in [1.807, 2.05) is 45.0 Å². The molecule has 0 bridgehead atoms. The Labute approximate surface area is 98.1 Å². The first-order chi connectivity index (χ1) is 7.51. The van der Waals surface area contributed by atoms with Crippen molar-refractivity contribution in [2.75, 3.05) is 13.1 Å². The van der Waals surface area contributed by atoms with Gasteiger partial charge in [0.2, 0.25) is 10.0 Å². The van der Waals surface area contributed by atoms with Crippen LogP contribution in [0.1, 0.15) is 25.0 Å². The lowest BCUT2D eigenvalue weighted by molar-refractivity contribution is 0.444. The second kappa shape index (κ2) is 5.46. The molecule has 1 aromatic rings. The van der Waals surface area contributed by atoms with Crippen molar-refractivity contribution in [1.82, 2.24) is 4.31 Å². The van der Waals surface area contributed by atoms with Crippen molar-refractivity contribution >= 4 is 10.0 Å². The first kappa shape index (κ1) is 13.2. The molecule has 0 aliphatic rings. The summed E-state index contributed by atoms with van der Waals surface area (Å²) in [7, 11) is -3.16. The van der Waals surface area contributed by atoms with Gasteiger partial charge in [-0.1, -0.05) is 38.1 Å². The van der Waals surface area contributed by atoms with Crippen molar-refractivity contribution in [3.63, 3.8) is 0 Å².